The van der Waals surface area contributed by atoms with Crippen molar-refractivity contribution in [3.63, 3.8) is 0 Å². The molecule has 0 saturated heterocycles. The molecular formula is C19H32OSi. The van der Waals surface area contributed by atoms with E-state index in [0.29, 0.717) is 5.78 Å². The molecule has 0 aliphatic heterocycles. The monoisotopic (exact) mass is 304 g/mol. The average molecular weight is 305 g/mol. The average Bonchev–Trinajstić information content (AvgIpc) is 2.35. The maximum Gasteiger partial charge on any atom is 0.130 e. The fraction of sp³-hybridized carbons (Fsp3) is 0.632. The summed E-state index contributed by atoms with van der Waals surface area (Å²) in [4.78, 5) is 11.6. The van der Waals surface area contributed by atoms with Gasteiger partial charge in [0.05, 0.1) is 0 Å². The van der Waals surface area contributed by atoms with Crippen LogP contribution in [0.2, 0.25) is 25.7 Å². The summed E-state index contributed by atoms with van der Waals surface area (Å²) in [5.41, 5.74) is 1.55. The third-order valence-electron chi connectivity index (χ3n) is 4.24. The molecule has 0 aromatic heterocycles. The SMILES string of the molecule is CC(=O)C[C@](C)(CCC[Si](C)(C)C)CCc1ccccc1. The lowest BCUT2D eigenvalue weighted by Crippen LogP contribution is -2.24. The van der Waals surface area contributed by atoms with Gasteiger partial charge in [-0.3, -0.25) is 0 Å². The minimum atomic E-state index is -0.969. The van der Waals surface area contributed by atoms with Gasteiger partial charge in [0.1, 0.15) is 5.78 Å². The van der Waals surface area contributed by atoms with E-state index in [1.54, 1.807) is 6.92 Å². The molecule has 0 saturated carbocycles. The smallest absolute Gasteiger partial charge is 0.130 e. The Hall–Kier alpha value is -0.893. The molecule has 1 aromatic rings. The van der Waals surface area contributed by atoms with Crippen LogP contribution in [0.5, 0.6) is 0 Å². The number of benzene rings is 1. The Bertz CT molecular complexity index is 433. The number of aryl methyl sites for hydroxylation is 1. The first-order valence-electron chi connectivity index (χ1n) is 8.24. The van der Waals surface area contributed by atoms with Crippen molar-refractivity contribution in [3.8, 4) is 0 Å². The topological polar surface area (TPSA) is 17.1 Å². The standard InChI is InChI=1S/C19H32OSi/c1-17(20)16-19(2,13-9-15-21(3,4)5)14-12-18-10-7-6-8-11-18/h6-8,10-11H,9,12-16H2,1-5H3/t19-/m1/s1. The molecule has 118 valence electrons. The third kappa shape index (κ3) is 8.20. The minimum Gasteiger partial charge on any atom is -0.300 e. The lowest BCUT2D eigenvalue weighted by atomic mass is 9.76. The lowest BCUT2D eigenvalue weighted by Gasteiger charge is -2.30. The van der Waals surface area contributed by atoms with Crippen LogP contribution >= 0.6 is 0 Å². The first-order valence-corrected chi connectivity index (χ1v) is 11.9. The van der Waals surface area contributed by atoms with E-state index in [-0.39, 0.29) is 5.41 Å². The molecule has 0 unspecified atom stereocenters. The van der Waals surface area contributed by atoms with E-state index >= 15 is 0 Å². The van der Waals surface area contributed by atoms with E-state index in [0.717, 1.165) is 19.3 Å². The van der Waals surface area contributed by atoms with Gasteiger partial charge in [-0.25, -0.2) is 0 Å². The molecule has 0 aliphatic carbocycles. The van der Waals surface area contributed by atoms with E-state index in [9.17, 15) is 4.79 Å². The Morgan fingerprint density at radius 3 is 2.24 bits per heavy atom. The molecule has 1 rings (SSSR count). The molecule has 0 heterocycles. The molecule has 0 aliphatic rings. The van der Waals surface area contributed by atoms with Crippen molar-refractivity contribution in [2.75, 3.05) is 0 Å². The zero-order valence-corrected chi connectivity index (χ0v) is 15.5. The van der Waals surface area contributed by atoms with Crippen molar-refractivity contribution in [3.05, 3.63) is 35.9 Å². The molecule has 0 spiro atoms. The largest absolute Gasteiger partial charge is 0.300 e. The van der Waals surface area contributed by atoms with Crippen LogP contribution in [-0.4, -0.2) is 13.9 Å². The second-order valence-electron chi connectivity index (χ2n) is 8.09. The van der Waals surface area contributed by atoms with Crippen LogP contribution in [0.4, 0.5) is 0 Å². The molecule has 2 heteroatoms. The summed E-state index contributed by atoms with van der Waals surface area (Å²) in [6.07, 6.45) is 5.38. The number of carbonyl (C=O) groups is 1. The predicted octanol–water partition coefficient (Wildman–Crippen LogP) is 5.72. The van der Waals surface area contributed by atoms with E-state index in [1.807, 2.05) is 0 Å². The van der Waals surface area contributed by atoms with Gasteiger partial charge in [0, 0.05) is 14.5 Å². The Labute approximate surface area is 132 Å². The van der Waals surface area contributed by atoms with Crippen molar-refractivity contribution >= 4 is 13.9 Å². The highest BCUT2D eigenvalue weighted by atomic mass is 28.3. The highest BCUT2D eigenvalue weighted by molar-refractivity contribution is 6.76. The highest BCUT2D eigenvalue weighted by Crippen LogP contribution is 2.35. The molecule has 21 heavy (non-hydrogen) atoms. The van der Waals surface area contributed by atoms with E-state index < -0.39 is 8.07 Å². The molecule has 0 N–H and O–H groups in total. The van der Waals surface area contributed by atoms with Crippen molar-refractivity contribution in [2.24, 2.45) is 5.41 Å². The third-order valence-corrected chi connectivity index (χ3v) is 6.10. The number of Topliss-reactive ketones (excluding diaryl/α,β-unsaturated/α-hetero) is 1. The molecule has 0 bridgehead atoms. The Balaban J connectivity index is 2.58. The van der Waals surface area contributed by atoms with Gasteiger partial charge in [0.25, 0.3) is 0 Å². The Morgan fingerprint density at radius 2 is 1.71 bits per heavy atom. The Morgan fingerprint density at radius 1 is 1.10 bits per heavy atom. The summed E-state index contributed by atoms with van der Waals surface area (Å²) in [6, 6.07) is 12.0. The van der Waals surface area contributed by atoms with Gasteiger partial charge >= 0.3 is 0 Å². The second kappa shape index (κ2) is 7.93. The number of rotatable bonds is 9. The molecular weight excluding hydrogens is 272 g/mol. The molecule has 0 amide bonds. The first-order chi connectivity index (χ1) is 9.70. The van der Waals surface area contributed by atoms with Crippen LogP contribution in [0.3, 0.4) is 0 Å². The molecule has 0 radical (unpaired) electrons. The van der Waals surface area contributed by atoms with Gasteiger partial charge in [-0.15, -0.1) is 0 Å². The number of ketones is 1. The van der Waals surface area contributed by atoms with E-state index in [1.165, 1.54) is 24.4 Å². The summed E-state index contributed by atoms with van der Waals surface area (Å²) in [5, 5.41) is 0. The van der Waals surface area contributed by atoms with E-state index in [2.05, 4.69) is 56.9 Å². The van der Waals surface area contributed by atoms with Crippen LogP contribution in [0.15, 0.2) is 30.3 Å². The molecule has 0 fully saturated rings. The summed E-state index contributed by atoms with van der Waals surface area (Å²) in [7, 11) is -0.969. The molecule has 1 aromatic carbocycles. The van der Waals surface area contributed by atoms with Crippen molar-refractivity contribution < 1.29 is 4.79 Å². The van der Waals surface area contributed by atoms with Crippen LogP contribution in [-0.2, 0) is 11.2 Å². The van der Waals surface area contributed by atoms with Crippen LogP contribution in [0, 0.1) is 5.41 Å². The molecule has 1 nitrogen and oxygen atoms in total. The van der Waals surface area contributed by atoms with Gasteiger partial charge in [-0.2, -0.15) is 0 Å². The fourth-order valence-corrected chi connectivity index (χ4v) is 4.28. The number of carbonyl (C=O) groups excluding carboxylic acids is 1. The normalized spacial score (nSPS) is 14.7. The summed E-state index contributed by atoms with van der Waals surface area (Å²) in [5.74, 6) is 0.332. The molecule has 1 atom stereocenters. The quantitative estimate of drug-likeness (QED) is 0.533. The number of hydrogen-bond acceptors (Lipinski definition) is 1. The van der Waals surface area contributed by atoms with Crippen LogP contribution in [0.25, 0.3) is 0 Å². The fourth-order valence-electron chi connectivity index (χ4n) is 3.04. The second-order valence-corrected chi connectivity index (χ2v) is 13.7. The van der Waals surface area contributed by atoms with Crippen molar-refractivity contribution in [1.82, 2.24) is 0 Å². The summed E-state index contributed by atoms with van der Waals surface area (Å²) in [6.45, 7) is 11.3. The zero-order valence-electron chi connectivity index (χ0n) is 14.5. The van der Waals surface area contributed by atoms with Gasteiger partial charge < -0.3 is 4.79 Å². The maximum atomic E-state index is 11.6. The minimum absolute atomic E-state index is 0.168. The van der Waals surface area contributed by atoms with E-state index in [4.69, 9.17) is 0 Å². The van der Waals surface area contributed by atoms with Gasteiger partial charge in [-0.1, -0.05) is 69.4 Å². The lowest BCUT2D eigenvalue weighted by molar-refractivity contribution is -0.119. The van der Waals surface area contributed by atoms with Gasteiger partial charge in [0.2, 0.25) is 0 Å². The first kappa shape index (κ1) is 18.2. The van der Waals surface area contributed by atoms with Crippen LogP contribution in [0.1, 0.15) is 45.1 Å². The van der Waals surface area contributed by atoms with Crippen LogP contribution < -0.4 is 0 Å². The van der Waals surface area contributed by atoms with Crippen molar-refractivity contribution in [1.29, 1.82) is 0 Å². The highest BCUT2D eigenvalue weighted by Gasteiger charge is 2.26. The Kier molecular flexibility index (Phi) is 6.86. The summed E-state index contributed by atoms with van der Waals surface area (Å²) < 4.78 is 0. The number of hydrogen-bond donors (Lipinski definition) is 0. The van der Waals surface area contributed by atoms with Crippen molar-refractivity contribution in [2.45, 2.75) is 71.6 Å². The zero-order chi connectivity index (χ0) is 15.9. The van der Waals surface area contributed by atoms with Gasteiger partial charge in [-0.05, 0) is 37.2 Å². The summed E-state index contributed by atoms with van der Waals surface area (Å²) >= 11 is 0. The predicted molar refractivity (Wildman–Crippen MR) is 95.6 cm³/mol. The maximum absolute atomic E-state index is 11.6. The van der Waals surface area contributed by atoms with Gasteiger partial charge in [0.15, 0.2) is 0 Å².